The fraction of sp³-hybridized carbons (Fsp3) is 0.294. The van der Waals surface area contributed by atoms with Crippen molar-refractivity contribution in [1.29, 1.82) is 0 Å². The Balaban J connectivity index is 1.75. The number of nitrogens with one attached hydrogen (secondary N) is 1. The van der Waals surface area contributed by atoms with Gasteiger partial charge in [0.1, 0.15) is 0 Å². The third kappa shape index (κ3) is 4.00. The highest BCUT2D eigenvalue weighted by molar-refractivity contribution is 5.40. The van der Waals surface area contributed by atoms with Gasteiger partial charge >= 0.3 is 0 Å². The average molecular weight is 271 g/mol. The van der Waals surface area contributed by atoms with Crippen molar-refractivity contribution < 1.29 is 10.2 Å². The van der Waals surface area contributed by atoms with Gasteiger partial charge in [-0.2, -0.15) is 0 Å². The van der Waals surface area contributed by atoms with Crippen LogP contribution in [0.5, 0.6) is 11.5 Å². The monoisotopic (exact) mass is 271 g/mol. The zero-order chi connectivity index (χ0) is 14.4. The Kier molecular flexibility index (Phi) is 5.02. The fourth-order valence-electron chi connectivity index (χ4n) is 2.18. The number of rotatable bonds is 6. The predicted molar refractivity (Wildman–Crippen MR) is 81.2 cm³/mol. The summed E-state index contributed by atoms with van der Waals surface area (Å²) in [6.45, 7) is 3.98. The van der Waals surface area contributed by atoms with Crippen molar-refractivity contribution in [2.24, 2.45) is 0 Å². The molecule has 0 heterocycles. The maximum absolute atomic E-state index is 9.42. The number of benzene rings is 2. The van der Waals surface area contributed by atoms with E-state index >= 15 is 0 Å². The van der Waals surface area contributed by atoms with Crippen LogP contribution in [0.2, 0.25) is 0 Å². The molecule has 106 valence electrons. The van der Waals surface area contributed by atoms with Crippen LogP contribution in [0, 0.1) is 0 Å². The van der Waals surface area contributed by atoms with Crippen LogP contribution in [-0.2, 0) is 6.42 Å². The highest BCUT2D eigenvalue weighted by atomic mass is 16.3. The summed E-state index contributed by atoms with van der Waals surface area (Å²) < 4.78 is 0. The first-order chi connectivity index (χ1) is 9.66. The van der Waals surface area contributed by atoms with Crippen LogP contribution in [0.1, 0.15) is 24.0 Å². The molecule has 0 saturated carbocycles. The molecule has 0 fully saturated rings. The fourth-order valence-corrected chi connectivity index (χ4v) is 2.18. The molecule has 0 bridgehead atoms. The van der Waals surface area contributed by atoms with Crippen molar-refractivity contribution >= 4 is 0 Å². The highest BCUT2D eigenvalue weighted by Crippen LogP contribution is 2.24. The summed E-state index contributed by atoms with van der Waals surface area (Å²) in [4.78, 5) is 0. The smallest absolute Gasteiger partial charge is 0.157 e. The molecule has 0 radical (unpaired) electrons. The van der Waals surface area contributed by atoms with E-state index in [2.05, 4.69) is 36.5 Å². The van der Waals surface area contributed by atoms with Crippen LogP contribution >= 0.6 is 0 Å². The van der Waals surface area contributed by atoms with Crippen molar-refractivity contribution in [2.45, 2.75) is 19.3 Å². The van der Waals surface area contributed by atoms with Gasteiger partial charge in [-0.15, -0.1) is 0 Å². The standard InChI is InChI=1S/C17H21NO2/c1-13(15-5-3-2-4-6-15)12-18-10-9-14-7-8-16(19)17(20)11-14/h2-8,11,13,18-20H,9-10,12H2,1H3/t13-/m0/s1. The van der Waals surface area contributed by atoms with Crippen molar-refractivity contribution in [3.63, 3.8) is 0 Å². The summed E-state index contributed by atoms with van der Waals surface area (Å²) in [5.41, 5.74) is 2.35. The SMILES string of the molecule is C[C@@H](CNCCc1ccc(O)c(O)c1)c1ccccc1. The molecule has 3 nitrogen and oxygen atoms in total. The Morgan fingerprint density at radius 1 is 1.00 bits per heavy atom. The summed E-state index contributed by atoms with van der Waals surface area (Å²) in [6, 6.07) is 15.4. The quantitative estimate of drug-likeness (QED) is 0.559. The first-order valence-corrected chi connectivity index (χ1v) is 6.93. The molecule has 0 spiro atoms. The second kappa shape index (κ2) is 6.96. The molecule has 0 unspecified atom stereocenters. The Morgan fingerprint density at radius 2 is 1.75 bits per heavy atom. The van der Waals surface area contributed by atoms with Crippen molar-refractivity contribution in [2.75, 3.05) is 13.1 Å². The molecular formula is C17H21NO2. The minimum absolute atomic E-state index is 0.0554. The van der Waals surface area contributed by atoms with Gasteiger partial charge in [-0.3, -0.25) is 0 Å². The van der Waals surface area contributed by atoms with E-state index in [0.29, 0.717) is 5.92 Å². The van der Waals surface area contributed by atoms with Crippen LogP contribution in [-0.4, -0.2) is 23.3 Å². The lowest BCUT2D eigenvalue weighted by Crippen LogP contribution is -2.22. The Labute approximate surface area is 119 Å². The van der Waals surface area contributed by atoms with E-state index in [4.69, 9.17) is 0 Å². The molecule has 2 aromatic rings. The molecule has 0 aliphatic carbocycles. The molecular weight excluding hydrogens is 250 g/mol. The van der Waals surface area contributed by atoms with Gasteiger partial charge in [0.25, 0.3) is 0 Å². The van der Waals surface area contributed by atoms with Gasteiger partial charge in [-0.05, 0) is 42.1 Å². The van der Waals surface area contributed by atoms with Crippen LogP contribution in [0.3, 0.4) is 0 Å². The van der Waals surface area contributed by atoms with Gasteiger partial charge in [0, 0.05) is 6.54 Å². The Hall–Kier alpha value is -2.00. The van der Waals surface area contributed by atoms with Crippen LogP contribution in [0.25, 0.3) is 0 Å². The maximum atomic E-state index is 9.42. The van der Waals surface area contributed by atoms with E-state index in [1.165, 1.54) is 11.6 Å². The molecule has 0 aromatic heterocycles. The minimum Gasteiger partial charge on any atom is -0.504 e. The third-order valence-corrected chi connectivity index (χ3v) is 3.45. The molecule has 2 aromatic carbocycles. The number of hydrogen-bond donors (Lipinski definition) is 3. The molecule has 3 heteroatoms. The first kappa shape index (κ1) is 14.4. The van der Waals surface area contributed by atoms with Gasteiger partial charge < -0.3 is 15.5 Å². The highest BCUT2D eigenvalue weighted by Gasteiger charge is 2.04. The average Bonchev–Trinajstić information content (AvgIpc) is 2.48. The molecule has 0 amide bonds. The first-order valence-electron chi connectivity index (χ1n) is 6.93. The molecule has 0 aliphatic heterocycles. The van der Waals surface area contributed by atoms with E-state index in [1.807, 2.05) is 12.1 Å². The summed E-state index contributed by atoms with van der Waals surface area (Å²) in [6.07, 6.45) is 0.829. The van der Waals surface area contributed by atoms with Gasteiger partial charge in [-0.25, -0.2) is 0 Å². The lowest BCUT2D eigenvalue weighted by Gasteiger charge is -2.13. The van der Waals surface area contributed by atoms with E-state index in [-0.39, 0.29) is 11.5 Å². The third-order valence-electron chi connectivity index (χ3n) is 3.45. The van der Waals surface area contributed by atoms with E-state index < -0.39 is 0 Å². The molecule has 0 aliphatic rings. The molecule has 3 N–H and O–H groups in total. The summed E-state index contributed by atoms with van der Waals surface area (Å²) in [7, 11) is 0. The number of phenols is 2. The lowest BCUT2D eigenvalue weighted by atomic mass is 10.0. The normalized spacial score (nSPS) is 12.2. The van der Waals surface area contributed by atoms with E-state index in [1.54, 1.807) is 6.07 Å². The molecule has 20 heavy (non-hydrogen) atoms. The van der Waals surface area contributed by atoms with Crippen LogP contribution in [0.4, 0.5) is 0 Å². The minimum atomic E-state index is -0.0700. The van der Waals surface area contributed by atoms with Gasteiger partial charge in [-0.1, -0.05) is 43.3 Å². The van der Waals surface area contributed by atoms with E-state index in [9.17, 15) is 10.2 Å². The summed E-state index contributed by atoms with van der Waals surface area (Å²) in [5, 5.41) is 22.1. The second-order valence-electron chi connectivity index (χ2n) is 5.09. The topological polar surface area (TPSA) is 52.5 Å². The molecule has 0 saturated heterocycles. The Bertz CT molecular complexity index is 540. The van der Waals surface area contributed by atoms with E-state index in [0.717, 1.165) is 25.1 Å². The van der Waals surface area contributed by atoms with Gasteiger partial charge in [0.2, 0.25) is 0 Å². The molecule has 1 atom stereocenters. The predicted octanol–water partition coefficient (Wildman–Crippen LogP) is 3.03. The maximum Gasteiger partial charge on any atom is 0.157 e. The number of aromatic hydroxyl groups is 2. The second-order valence-corrected chi connectivity index (χ2v) is 5.09. The largest absolute Gasteiger partial charge is 0.504 e. The number of phenolic OH excluding ortho intramolecular Hbond substituents is 2. The van der Waals surface area contributed by atoms with Crippen LogP contribution in [0.15, 0.2) is 48.5 Å². The summed E-state index contributed by atoms with van der Waals surface area (Å²) in [5.74, 6) is 0.351. The van der Waals surface area contributed by atoms with Crippen molar-refractivity contribution in [3.05, 3.63) is 59.7 Å². The van der Waals surface area contributed by atoms with Crippen LogP contribution < -0.4 is 5.32 Å². The Morgan fingerprint density at radius 3 is 2.45 bits per heavy atom. The van der Waals surface area contributed by atoms with Gasteiger partial charge in [0.05, 0.1) is 0 Å². The van der Waals surface area contributed by atoms with Crippen molar-refractivity contribution in [1.82, 2.24) is 5.32 Å². The summed E-state index contributed by atoms with van der Waals surface area (Å²) >= 11 is 0. The lowest BCUT2D eigenvalue weighted by molar-refractivity contribution is 0.403. The zero-order valence-electron chi connectivity index (χ0n) is 11.7. The van der Waals surface area contributed by atoms with Gasteiger partial charge in [0.15, 0.2) is 11.5 Å². The zero-order valence-corrected chi connectivity index (χ0v) is 11.7. The van der Waals surface area contributed by atoms with Crippen molar-refractivity contribution in [3.8, 4) is 11.5 Å². The molecule has 2 rings (SSSR count). The number of hydrogen-bond acceptors (Lipinski definition) is 3.